The van der Waals surface area contributed by atoms with Crippen molar-refractivity contribution in [2.24, 2.45) is 10.7 Å². The minimum Gasteiger partial charge on any atom is -0.453 e. The molecular formula is C14H23IN4O3. The van der Waals surface area contributed by atoms with E-state index in [4.69, 9.17) is 10.5 Å². The van der Waals surface area contributed by atoms with E-state index in [-0.39, 0.29) is 30.0 Å². The number of amides is 1. The Morgan fingerprint density at radius 3 is 2.50 bits per heavy atom. The summed E-state index contributed by atoms with van der Waals surface area (Å²) >= 11 is 0. The Balaban J connectivity index is 0.00000441. The van der Waals surface area contributed by atoms with Gasteiger partial charge in [0.25, 0.3) is 0 Å². The molecule has 1 rings (SSSR count). The van der Waals surface area contributed by atoms with Gasteiger partial charge in [-0.1, -0.05) is 12.1 Å². The first kappa shape index (κ1) is 20.5. The summed E-state index contributed by atoms with van der Waals surface area (Å²) in [6.45, 7) is 2.97. The number of rotatable bonds is 6. The maximum Gasteiger partial charge on any atom is 0.411 e. The molecule has 0 aliphatic carbocycles. The van der Waals surface area contributed by atoms with Crippen molar-refractivity contribution in [1.29, 1.82) is 0 Å². The third-order valence-corrected chi connectivity index (χ3v) is 2.63. The molecule has 4 N–H and O–H groups in total. The van der Waals surface area contributed by atoms with Crippen molar-refractivity contribution in [3.05, 3.63) is 29.8 Å². The number of ether oxygens (including phenoxy) is 2. The lowest BCUT2D eigenvalue weighted by Crippen LogP contribution is -2.40. The van der Waals surface area contributed by atoms with Gasteiger partial charge in [0, 0.05) is 18.8 Å². The minimum atomic E-state index is -0.499. The molecular weight excluding hydrogens is 399 g/mol. The van der Waals surface area contributed by atoms with Gasteiger partial charge in [0.15, 0.2) is 5.96 Å². The summed E-state index contributed by atoms with van der Waals surface area (Å²) in [6.07, 6.45) is -0.499. The number of nitrogens with one attached hydrogen (secondary N) is 2. The maximum atomic E-state index is 11.0. The van der Waals surface area contributed by atoms with Crippen LogP contribution >= 0.6 is 24.0 Å². The molecule has 0 aliphatic heterocycles. The van der Waals surface area contributed by atoms with E-state index in [1.54, 1.807) is 19.2 Å². The lowest BCUT2D eigenvalue weighted by Gasteiger charge is -2.13. The molecule has 0 heterocycles. The first-order chi connectivity index (χ1) is 10.0. The third kappa shape index (κ3) is 8.03. The normalized spacial score (nSPS) is 12.0. The Labute approximate surface area is 147 Å². The first-order valence-corrected chi connectivity index (χ1v) is 6.54. The molecule has 1 aromatic carbocycles. The van der Waals surface area contributed by atoms with E-state index < -0.39 is 6.09 Å². The number of anilines is 1. The van der Waals surface area contributed by atoms with Crippen molar-refractivity contribution < 1.29 is 14.3 Å². The van der Waals surface area contributed by atoms with Crippen LogP contribution in [-0.4, -0.2) is 38.9 Å². The standard InChI is InChI=1S/C14H22N4O3.HI/c1-10(9-20-2)17-13(15)16-8-11-4-6-12(7-5-11)18-14(19)21-3;/h4-7,10H,8-9H2,1-3H3,(H,18,19)(H3,15,16,17);1H. The van der Waals surface area contributed by atoms with Crippen LogP contribution in [-0.2, 0) is 16.0 Å². The summed E-state index contributed by atoms with van der Waals surface area (Å²) in [7, 11) is 2.95. The van der Waals surface area contributed by atoms with Crippen LogP contribution in [0.4, 0.5) is 10.5 Å². The van der Waals surface area contributed by atoms with Gasteiger partial charge < -0.3 is 20.5 Å². The van der Waals surface area contributed by atoms with Gasteiger partial charge in [-0.2, -0.15) is 0 Å². The van der Waals surface area contributed by atoms with Crippen molar-refractivity contribution in [3.63, 3.8) is 0 Å². The molecule has 1 unspecified atom stereocenters. The molecule has 0 bridgehead atoms. The lowest BCUT2D eigenvalue weighted by atomic mass is 10.2. The van der Waals surface area contributed by atoms with Crippen molar-refractivity contribution in [2.75, 3.05) is 26.1 Å². The molecule has 0 fully saturated rings. The zero-order valence-corrected chi connectivity index (χ0v) is 15.3. The summed E-state index contributed by atoms with van der Waals surface area (Å²) in [4.78, 5) is 15.3. The zero-order chi connectivity index (χ0) is 15.7. The quantitative estimate of drug-likeness (QED) is 0.370. The highest BCUT2D eigenvalue weighted by Crippen LogP contribution is 2.10. The Morgan fingerprint density at radius 2 is 1.95 bits per heavy atom. The summed E-state index contributed by atoms with van der Waals surface area (Å²) < 4.78 is 9.52. The average Bonchev–Trinajstić information content (AvgIpc) is 2.46. The Morgan fingerprint density at radius 1 is 1.32 bits per heavy atom. The van der Waals surface area contributed by atoms with Gasteiger partial charge in [-0.3, -0.25) is 5.32 Å². The number of methoxy groups -OCH3 is 2. The van der Waals surface area contributed by atoms with E-state index in [0.29, 0.717) is 24.8 Å². The molecule has 1 amide bonds. The highest BCUT2D eigenvalue weighted by Gasteiger charge is 2.02. The molecule has 1 aromatic rings. The molecule has 7 nitrogen and oxygen atoms in total. The van der Waals surface area contributed by atoms with Gasteiger partial charge in [-0.15, -0.1) is 24.0 Å². The van der Waals surface area contributed by atoms with Crippen LogP contribution in [0.25, 0.3) is 0 Å². The van der Waals surface area contributed by atoms with E-state index in [9.17, 15) is 4.79 Å². The second kappa shape index (κ2) is 11.1. The molecule has 1 atom stereocenters. The predicted octanol–water partition coefficient (Wildman–Crippen LogP) is 1.92. The smallest absolute Gasteiger partial charge is 0.411 e. The van der Waals surface area contributed by atoms with Crippen molar-refractivity contribution in [3.8, 4) is 0 Å². The first-order valence-electron chi connectivity index (χ1n) is 6.54. The largest absolute Gasteiger partial charge is 0.453 e. The highest BCUT2D eigenvalue weighted by atomic mass is 127. The fraction of sp³-hybridized carbons (Fsp3) is 0.429. The number of halogens is 1. The number of aliphatic imine (C=N–C) groups is 1. The molecule has 0 aromatic heterocycles. The molecule has 0 saturated heterocycles. The second-order valence-corrected chi connectivity index (χ2v) is 4.52. The van der Waals surface area contributed by atoms with E-state index in [2.05, 4.69) is 20.4 Å². The van der Waals surface area contributed by atoms with E-state index >= 15 is 0 Å². The van der Waals surface area contributed by atoms with Crippen LogP contribution in [0.3, 0.4) is 0 Å². The Hall–Kier alpha value is -1.55. The number of benzene rings is 1. The van der Waals surface area contributed by atoms with Gasteiger partial charge >= 0.3 is 6.09 Å². The van der Waals surface area contributed by atoms with Crippen LogP contribution in [0, 0.1) is 0 Å². The average molecular weight is 422 g/mol. The number of carbonyl (C=O) groups excluding carboxylic acids is 1. The van der Waals surface area contributed by atoms with Gasteiger partial charge in [0.2, 0.25) is 0 Å². The monoisotopic (exact) mass is 422 g/mol. The summed E-state index contributed by atoms with van der Waals surface area (Å²) in [6, 6.07) is 7.38. The molecule has 22 heavy (non-hydrogen) atoms. The van der Waals surface area contributed by atoms with Gasteiger partial charge in [0.1, 0.15) is 0 Å². The fourth-order valence-electron chi connectivity index (χ4n) is 1.63. The van der Waals surface area contributed by atoms with Gasteiger partial charge in [-0.25, -0.2) is 9.79 Å². The summed E-state index contributed by atoms with van der Waals surface area (Å²) in [5.74, 6) is 0.372. The molecule has 0 radical (unpaired) electrons. The zero-order valence-electron chi connectivity index (χ0n) is 13.0. The number of nitrogens with zero attached hydrogens (tertiary/aromatic N) is 1. The fourth-order valence-corrected chi connectivity index (χ4v) is 1.63. The number of guanidine groups is 1. The topological polar surface area (TPSA) is 98.0 Å². The van der Waals surface area contributed by atoms with Crippen molar-refractivity contribution in [1.82, 2.24) is 5.32 Å². The molecule has 124 valence electrons. The van der Waals surface area contributed by atoms with Crippen molar-refractivity contribution >= 4 is 41.7 Å². The van der Waals surface area contributed by atoms with E-state index in [1.165, 1.54) is 7.11 Å². The van der Waals surface area contributed by atoms with Crippen LogP contribution in [0.5, 0.6) is 0 Å². The molecule has 0 spiro atoms. The lowest BCUT2D eigenvalue weighted by molar-refractivity contribution is 0.179. The third-order valence-electron chi connectivity index (χ3n) is 2.63. The molecule has 0 aliphatic rings. The Bertz CT molecular complexity index is 479. The number of hydrogen-bond acceptors (Lipinski definition) is 4. The molecule has 0 saturated carbocycles. The van der Waals surface area contributed by atoms with Crippen LogP contribution < -0.4 is 16.4 Å². The van der Waals surface area contributed by atoms with E-state index in [1.807, 2.05) is 19.1 Å². The van der Waals surface area contributed by atoms with Crippen molar-refractivity contribution in [2.45, 2.75) is 19.5 Å². The van der Waals surface area contributed by atoms with Crippen LogP contribution in [0.2, 0.25) is 0 Å². The van der Waals surface area contributed by atoms with Gasteiger partial charge in [-0.05, 0) is 24.6 Å². The second-order valence-electron chi connectivity index (χ2n) is 4.52. The van der Waals surface area contributed by atoms with E-state index in [0.717, 1.165) is 5.56 Å². The van der Waals surface area contributed by atoms with Crippen LogP contribution in [0.1, 0.15) is 12.5 Å². The summed E-state index contributed by atoms with van der Waals surface area (Å²) in [5, 5.41) is 5.60. The number of carbonyl (C=O) groups is 1. The minimum absolute atomic E-state index is 0. The highest BCUT2D eigenvalue weighted by molar-refractivity contribution is 14.0. The van der Waals surface area contributed by atoms with Gasteiger partial charge in [0.05, 0.1) is 20.3 Å². The summed E-state index contributed by atoms with van der Waals surface area (Å²) in [5.41, 5.74) is 7.42. The Kier molecular flexibility index (Phi) is 10.3. The molecule has 8 heteroatoms. The SMILES string of the molecule is COCC(C)NC(N)=NCc1ccc(NC(=O)OC)cc1.I. The number of hydrogen-bond donors (Lipinski definition) is 3. The van der Waals surface area contributed by atoms with Crippen LogP contribution in [0.15, 0.2) is 29.3 Å². The predicted molar refractivity (Wildman–Crippen MR) is 97.7 cm³/mol. The maximum absolute atomic E-state index is 11.0. The number of nitrogens with two attached hydrogens (primary N) is 1.